The van der Waals surface area contributed by atoms with Crippen molar-refractivity contribution in [3.05, 3.63) is 202 Å². The smallest absolute Gasteiger partial charge is 0.343 e. The van der Waals surface area contributed by atoms with E-state index in [4.69, 9.17) is 14.6 Å². The van der Waals surface area contributed by atoms with E-state index in [1.807, 2.05) is 85.7 Å². The van der Waals surface area contributed by atoms with Crippen LogP contribution in [0.3, 0.4) is 0 Å². The van der Waals surface area contributed by atoms with Crippen LogP contribution >= 0.6 is 0 Å². The highest BCUT2D eigenvalue weighted by Gasteiger charge is 2.17. The molecule has 14 heteroatoms. The number of nitrogens with zero attached hydrogens (tertiary/aromatic N) is 8. The lowest BCUT2D eigenvalue weighted by atomic mass is 10.0. The van der Waals surface area contributed by atoms with Crippen molar-refractivity contribution in [1.29, 1.82) is 10.5 Å². The number of aromatic nitrogens is 6. The number of unbranched alkanes of at least 4 members (excludes halogenated alkanes) is 26. The number of hydrogen-bond acceptors (Lipinski definition) is 13. The second-order valence-electron chi connectivity index (χ2n) is 26.9. The molecule has 102 heavy (non-hydrogen) atoms. The van der Waals surface area contributed by atoms with Crippen LogP contribution in [0.15, 0.2) is 146 Å². The molecule has 0 atom stereocenters. The Morgan fingerprint density at radius 3 is 0.824 bits per heavy atom. The first-order valence-electron chi connectivity index (χ1n) is 38.5. The molecule has 1 N–H and O–H groups in total. The number of aromatic carboxylic acids is 1. The Labute approximate surface area is 609 Å². The van der Waals surface area contributed by atoms with E-state index < -0.39 is 17.9 Å². The van der Waals surface area contributed by atoms with Gasteiger partial charge in [0.25, 0.3) is 0 Å². The largest absolute Gasteiger partial charge is 0.478 e. The number of carbonyl (C=O) groups excluding carboxylic acids is 2. The number of hydrogen-bond donors (Lipinski definition) is 1. The van der Waals surface area contributed by atoms with Gasteiger partial charge in [0.1, 0.15) is 23.6 Å². The molecule has 5 aromatic carbocycles. The Kier molecular flexibility index (Phi) is 39.5. The van der Waals surface area contributed by atoms with Gasteiger partial charge in [0, 0.05) is 53.9 Å². The zero-order chi connectivity index (χ0) is 72.6. The quantitative estimate of drug-likeness (QED) is 0.0214. The SMILES string of the molecule is CCCCCCCCCCc1cnc(-c2ccc(C(=O)O)cc2)nc1.CCCCCCCCCCc1cnc(-c2ccc(C(=O)Oc3ccc(CCCCC)cc3C#N)cc2)nc1.CCCCCCCCCCc1cnc(-c2ccc(C(=O)Oc3ccc(CCCCCC)cc3C#N)cc2)nc1. The van der Waals surface area contributed by atoms with Crippen LogP contribution in [0.4, 0.5) is 0 Å². The molecule has 14 nitrogen and oxygen atoms in total. The summed E-state index contributed by atoms with van der Waals surface area (Å²) in [6, 6.07) is 36.1. The third-order valence-electron chi connectivity index (χ3n) is 18.3. The molecule has 8 aromatic rings. The van der Waals surface area contributed by atoms with E-state index in [2.05, 4.69) is 76.7 Å². The van der Waals surface area contributed by atoms with Gasteiger partial charge in [-0.25, -0.2) is 44.3 Å². The highest BCUT2D eigenvalue weighted by atomic mass is 16.5. The predicted octanol–water partition coefficient (Wildman–Crippen LogP) is 23.2. The molecule has 3 aromatic heterocycles. The minimum atomic E-state index is -0.923. The Morgan fingerprint density at radius 2 is 0.549 bits per heavy atom. The Bertz CT molecular complexity index is 3750. The highest BCUT2D eigenvalue weighted by Crippen LogP contribution is 2.27. The molecule has 8 rings (SSSR count). The second kappa shape index (κ2) is 49.3. The third kappa shape index (κ3) is 30.9. The summed E-state index contributed by atoms with van der Waals surface area (Å²) in [5, 5.41) is 28.0. The van der Waals surface area contributed by atoms with Crippen molar-refractivity contribution in [2.45, 2.75) is 266 Å². The lowest BCUT2D eigenvalue weighted by Crippen LogP contribution is -2.09. The molecule has 0 aliphatic rings. The summed E-state index contributed by atoms with van der Waals surface area (Å²) in [6.07, 6.45) is 55.7. The second-order valence-corrected chi connectivity index (χ2v) is 26.9. The summed E-state index contributed by atoms with van der Waals surface area (Å²) in [6.45, 7) is 11.1. The molecule has 0 aliphatic heterocycles. The molecule has 0 radical (unpaired) electrons. The van der Waals surface area contributed by atoms with Gasteiger partial charge >= 0.3 is 17.9 Å². The van der Waals surface area contributed by atoms with Crippen LogP contribution in [0.1, 0.15) is 304 Å². The normalized spacial score (nSPS) is 10.8. The summed E-state index contributed by atoms with van der Waals surface area (Å²) in [5.41, 5.74) is 10.0. The maximum absolute atomic E-state index is 12.8. The van der Waals surface area contributed by atoms with Gasteiger partial charge in [-0.05, 0) is 153 Å². The number of benzene rings is 5. The zero-order valence-corrected chi connectivity index (χ0v) is 61.9. The minimum Gasteiger partial charge on any atom is -0.478 e. The number of aryl methyl sites for hydroxylation is 5. The average molecular weight is 1380 g/mol. The fraction of sp³-hybridized carbons (Fsp3) is 0.466. The molecule has 0 unspecified atom stereocenters. The predicted molar refractivity (Wildman–Crippen MR) is 412 cm³/mol. The molecule has 540 valence electrons. The van der Waals surface area contributed by atoms with Crippen LogP contribution in [0.5, 0.6) is 11.5 Å². The van der Waals surface area contributed by atoms with Crippen molar-refractivity contribution in [2.24, 2.45) is 0 Å². The van der Waals surface area contributed by atoms with Gasteiger partial charge in [-0.1, -0.05) is 250 Å². The first-order chi connectivity index (χ1) is 50.0. The summed E-state index contributed by atoms with van der Waals surface area (Å²) in [7, 11) is 0. The van der Waals surface area contributed by atoms with Crippen molar-refractivity contribution < 1.29 is 29.0 Å². The van der Waals surface area contributed by atoms with Crippen molar-refractivity contribution in [1.82, 2.24) is 29.9 Å². The number of carboxylic acid groups (broad SMARTS) is 1. The molecule has 0 spiro atoms. The topological polar surface area (TPSA) is 215 Å². The van der Waals surface area contributed by atoms with Gasteiger partial charge < -0.3 is 14.6 Å². The van der Waals surface area contributed by atoms with Crippen molar-refractivity contribution in [3.8, 4) is 57.8 Å². The van der Waals surface area contributed by atoms with Gasteiger partial charge in [0.15, 0.2) is 17.5 Å². The van der Waals surface area contributed by atoms with Gasteiger partial charge in [0.2, 0.25) is 0 Å². The number of carboxylic acids is 1. The number of rotatable bonds is 44. The molecular weight excluding hydrogens is 1270 g/mol. The van der Waals surface area contributed by atoms with Crippen molar-refractivity contribution >= 4 is 17.9 Å². The van der Waals surface area contributed by atoms with Crippen LogP contribution in [-0.2, 0) is 32.1 Å². The third-order valence-corrected chi connectivity index (χ3v) is 18.3. The van der Waals surface area contributed by atoms with Crippen molar-refractivity contribution in [3.63, 3.8) is 0 Å². The molecule has 0 saturated carbocycles. The van der Waals surface area contributed by atoms with E-state index in [0.29, 0.717) is 45.5 Å². The van der Waals surface area contributed by atoms with Crippen LogP contribution in [0.2, 0.25) is 0 Å². The Balaban J connectivity index is 0.000000247. The molecule has 0 saturated heterocycles. The number of ether oxygens (including phenoxy) is 2. The molecule has 0 bridgehead atoms. The Hall–Kier alpha value is -9.27. The van der Waals surface area contributed by atoms with Crippen molar-refractivity contribution in [2.75, 3.05) is 0 Å². The van der Waals surface area contributed by atoms with Crippen LogP contribution in [-0.4, -0.2) is 52.9 Å². The standard InChI is InChI=1S/C34H43N3O2.C33H41N3O2.C21H28N2O2/c1-3-5-7-9-10-11-12-14-16-28-25-36-33(37-26-28)29-18-20-30(21-19-29)34(38)39-32-22-17-27(23-31(32)24-35)15-13-8-6-4-2;1-3-5-7-8-9-10-11-13-15-27-24-35-32(36-25-27)28-17-19-29(20-18-28)33(37)38-31-21-16-26(14-12-6-4-2)22-30(31)23-34;1-2-3-4-5-6-7-8-9-10-17-15-22-20(23-16-17)18-11-13-19(14-12-18)21(24)25/h17-23,25-26H,3-16H2,1-2H3;16-22,24-25H,3-15H2,1-2H3;11-16H,2-10H2,1H3,(H,24,25). The van der Waals surface area contributed by atoms with Gasteiger partial charge in [-0.3, -0.25) is 0 Å². The lowest BCUT2D eigenvalue weighted by Gasteiger charge is -2.09. The minimum absolute atomic E-state index is 0.273. The van der Waals surface area contributed by atoms with E-state index in [0.717, 1.165) is 102 Å². The summed E-state index contributed by atoms with van der Waals surface area (Å²) in [5.74, 6) is 0.579. The molecular formula is C88H112N8O6. The summed E-state index contributed by atoms with van der Waals surface area (Å²) >= 11 is 0. The highest BCUT2D eigenvalue weighted by molar-refractivity contribution is 5.92. The van der Waals surface area contributed by atoms with E-state index in [9.17, 15) is 24.9 Å². The maximum Gasteiger partial charge on any atom is 0.343 e. The average Bonchev–Trinajstić information content (AvgIpc) is 0.848. The van der Waals surface area contributed by atoms with Gasteiger partial charge in [-0.15, -0.1) is 0 Å². The van der Waals surface area contributed by atoms with Crippen LogP contribution < -0.4 is 9.47 Å². The van der Waals surface area contributed by atoms with E-state index in [1.165, 1.54) is 173 Å². The lowest BCUT2D eigenvalue weighted by molar-refractivity contribution is 0.0693. The monoisotopic (exact) mass is 1380 g/mol. The molecule has 0 amide bonds. The maximum atomic E-state index is 12.8. The van der Waals surface area contributed by atoms with Crippen LogP contribution in [0, 0.1) is 22.7 Å². The number of esters is 2. The van der Waals surface area contributed by atoms with Gasteiger partial charge in [0.05, 0.1) is 27.8 Å². The number of carbonyl (C=O) groups is 3. The Morgan fingerprint density at radius 1 is 0.314 bits per heavy atom. The summed E-state index contributed by atoms with van der Waals surface area (Å²) < 4.78 is 11.1. The number of nitriles is 2. The first-order valence-corrected chi connectivity index (χ1v) is 38.5. The molecule has 0 fully saturated rings. The first kappa shape index (κ1) is 81.7. The van der Waals surface area contributed by atoms with Gasteiger partial charge in [-0.2, -0.15) is 10.5 Å². The fourth-order valence-electron chi connectivity index (χ4n) is 12.0. The molecule has 0 aliphatic carbocycles. The van der Waals surface area contributed by atoms with E-state index in [-0.39, 0.29) is 11.3 Å². The fourth-order valence-corrected chi connectivity index (χ4v) is 12.0. The summed E-state index contributed by atoms with van der Waals surface area (Å²) in [4.78, 5) is 63.3. The van der Waals surface area contributed by atoms with E-state index >= 15 is 0 Å². The van der Waals surface area contributed by atoms with E-state index in [1.54, 1.807) is 60.7 Å². The van der Waals surface area contributed by atoms with Crippen LogP contribution in [0.25, 0.3) is 34.2 Å². The molecule has 3 heterocycles. The zero-order valence-electron chi connectivity index (χ0n) is 61.9.